The van der Waals surface area contributed by atoms with Crippen molar-refractivity contribution in [3.63, 3.8) is 0 Å². The van der Waals surface area contributed by atoms with Crippen LogP contribution in [0.1, 0.15) is 30.3 Å². The molecule has 0 fully saturated rings. The zero-order valence-electron chi connectivity index (χ0n) is 9.17. The summed E-state index contributed by atoms with van der Waals surface area (Å²) in [4.78, 5) is 35.9. The SMILES string of the molecule is CCCC(=O)NC(=O)c1ccc([N+](=O)[O-])cn1. The maximum Gasteiger partial charge on any atom is 0.287 e. The highest BCUT2D eigenvalue weighted by Gasteiger charge is 2.13. The van der Waals surface area contributed by atoms with Crippen LogP contribution >= 0.6 is 0 Å². The predicted molar refractivity (Wildman–Crippen MR) is 58.3 cm³/mol. The molecule has 0 unspecified atom stereocenters. The van der Waals surface area contributed by atoms with Crippen molar-refractivity contribution in [2.45, 2.75) is 19.8 Å². The van der Waals surface area contributed by atoms with Crippen molar-refractivity contribution < 1.29 is 14.5 Å². The van der Waals surface area contributed by atoms with Gasteiger partial charge in [0.1, 0.15) is 11.9 Å². The van der Waals surface area contributed by atoms with Crippen LogP contribution in [0.3, 0.4) is 0 Å². The van der Waals surface area contributed by atoms with Crippen molar-refractivity contribution in [1.29, 1.82) is 0 Å². The summed E-state index contributed by atoms with van der Waals surface area (Å²) >= 11 is 0. The lowest BCUT2D eigenvalue weighted by Gasteiger charge is -2.01. The van der Waals surface area contributed by atoms with Gasteiger partial charge in [0, 0.05) is 12.5 Å². The smallest absolute Gasteiger partial charge is 0.287 e. The molecule has 1 aromatic rings. The topological polar surface area (TPSA) is 102 Å². The highest BCUT2D eigenvalue weighted by Crippen LogP contribution is 2.08. The van der Waals surface area contributed by atoms with Crippen LogP contribution in [-0.4, -0.2) is 21.7 Å². The summed E-state index contributed by atoms with van der Waals surface area (Å²) in [7, 11) is 0. The minimum atomic E-state index is -0.654. The fourth-order valence-electron chi connectivity index (χ4n) is 1.11. The van der Waals surface area contributed by atoms with Crippen LogP contribution in [0.2, 0.25) is 0 Å². The molecular formula is C10H11N3O4. The Hall–Kier alpha value is -2.31. The van der Waals surface area contributed by atoms with Gasteiger partial charge in [0.05, 0.1) is 4.92 Å². The molecule has 0 aliphatic rings. The van der Waals surface area contributed by atoms with E-state index < -0.39 is 16.7 Å². The molecule has 0 aromatic carbocycles. The lowest BCUT2D eigenvalue weighted by Crippen LogP contribution is -2.30. The van der Waals surface area contributed by atoms with Crippen LogP contribution < -0.4 is 5.32 Å². The number of nitrogens with one attached hydrogen (secondary N) is 1. The number of carbonyl (C=O) groups excluding carboxylic acids is 2. The quantitative estimate of drug-likeness (QED) is 0.622. The van der Waals surface area contributed by atoms with E-state index in [-0.39, 0.29) is 17.8 Å². The minimum absolute atomic E-state index is 0.0277. The molecule has 0 bridgehead atoms. The largest absolute Gasteiger partial charge is 0.291 e. The Morgan fingerprint density at radius 3 is 2.65 bits per heavy atom. The zero-order chi connectivity index (χ0) is 12.8. The standard InChI is InChI=1S/C10H11N3O4/c1-2-3-9(14)12-10(15)8-5-4-7(6-11-8)13(16)17/h4-6H,2-3H2,1H3,(H,12,14,15). The summed E-state index contributed by atoms with van der Waals surface area (Å²) in [5.41, 5.74) is -0.235. The predicted octanol–water partition coefficient (Wildman–Crippen LogP) is 1.05. The molecule has 0 radical (unpaired) electrons. The van der Waals surface area contributed by atoms with Crippen LogP contribution in [0, 0.1) is 10.1 Å². The number of imide groups is 1. The van der Waals surface area contributed by atoms with Gasteiger partial charge in [-0.15, -0.1) is 0 Å². The van der Waals surface area contributed by atoms with Crippen molar-refractivity contribution >= 4 is 17.5 Å². The van der Waals surface area contributed by atoms with Crippen molar-refractivity contribution in [2.24, 2.45) is 0 Å². The molecule has 2 amide bonds. The summed E-state index contributed by atoms with van der Waals surface area (Å²) < 4.78 is 0. The molecule has 0 aliphatic carbocycles. The Kier molecular flexibility index (Phi) is 4.27. The fraction of sp³-hybridized carbons (Fsp3) is 0.300. The Morgan fingerprint density at radius 2 is 2.18 bits per heavy atom. The summed E-state index contributed by atoms with van der Waals surface area (Å²) in [6, 6.07) is 2.36. The highest BCUT2D eigenvalue weighted by molar-refractivity contribution is 6.03. The second kappa shape index (κ2) is 5.69. The molecule has 17 heavy (non-hydrogen) atoms. The van der Waals surface area contributed by atoms with E-state index in [1.54, 1.807) is 0 Å². The maximum atomic E-state index is 11.4. The van der Waals surface area contributed by atoms with Crippen molar-refractivity contribution in [3.8, 4) is 0 Å². The summed E-state index contributed by atoms with van der Waals surface area (Å²) in [5.74, 6) is -1.05. The molecule has 0 saturated heterocycles. The van der Waals surface area contributed by atoms with Gasteiger partial charge in [-0.05, 0) is 12.5 Å². The molecule has 0 saturated carbocycles. The normalized spacial score (nSPS) is 9.71. The molecule has 90 valence electrons. The monoisotopic (exact) mass is 237 g/mol. The molecule has 1 N–H and O–H groups in total. The van der Waals surface area contributed by atoms with Crippen molar-refractivity contribution in [3.05, 3.63) is 34.1 Å². The first-order chi connectivity index (χ1) is 8.04. The van der Waals surface area contributed by atoms with Crippen LogP contribution in [0.25, 0.3) is 0 Å². The average Bonchev–Trinajstić information content (AvgIpc) is 2.29. The van der Waals surface area contributed by atoms with Crippen LogP contribution in [0.15, 0.2) is 18.3 Å². The number of rotatable bonds is 4. The number of nitrogens with zero attached hydrogens (tertiary/aromatic N) is 2. The molecule has 1 aromatic heterocycles. The number of hydrogen-bond donors (Lipinski definition) is 1. The lowest BCUT2D eigenvalue weighted by molar-refractivity contribution is -0.385. The summed E-state index contributed by atoms with van der Waals surface area (Å²) in [6.07, 6.45) is 1.85. The Balaban J connectivity index is 2.70. The number of pyridine rings is 1. The number of amides is 2. The molecule has 1 rings (SSSR count). The van der Waals surface area contributed by atoms with Gasteiger partial charge in [-0.1, -0.05) is 6.92 Å². The second-order valence-electron chi connectivity index (χ2n) is 3.29. The van der Waals surface area contributed by atoms with E-state index in [1.165, 1.54) is 6.07 Å². The van der Waals surface area contributed by atoms with E-state index in [0.29, 0.717) is 6.42 Å². The van der Waals surface area contributed by atoms with Gasteiger partial charge >= 0.3 is 0 Å². The number of hydrogen-bond acceptors (Lipinski definition) is 5. The van der Waals surface area contributed by atoms with Gasteiger partial charge in [-0.25, -0.2) is 4.98 Å². The molecule has 7 heteroatoms. The van der Waals surface area contributed by atoms with Gasteiger partial charge in [0.2, 0.25) is 5.91 Å². The van der Waals surface area contributed by atoms with E-state index in [1.807, 2.05) is 6.92 Å². The zero-order valence-corrected chi connectivity index (χ0v) is 9.17. The van der Waals surface area contributed by atoms with Gasteiger partial charge in [-0.2, -0.15) is 0 Å². The van der Waals surface area contributed by atoms with E-state index in [0.717, 1.165) is 12.3 Å². The number of nitro groups is 1. The highest BCUT2D eigenvalue weighted by atomic mass is 16.6. The van der Waals surface area contributed by atoms with E-state index in [9.17, 15) is 19.7 Å². The van der Waals surface area contributed by atoms with Crippen molar-refractivity contribution in [2.75, 3.05) is 0 Å². The lowest BCUT2D eigenvalue weighted by atomic mass is 10.3. The molecule has 7 nitrogen and oxygen atoms in total. The van der Waals surface area contributed by atoms with Crippen LogP contribution in [-0.2, 0) is 4.79 Å². The first-order valence-electron chi connectivity index (χ1n) is 4.99. The second-order valence-corrected chi connectivity index (χ2v) is 3.29. The molecule has 0 aliphatic heterocycles. The van der Waals surface area contributed by atoms with E-state index in [2.05, 4.69) is 10.3 Å². The summed E-state index contributed by atoms with van der Waals surface area (Å²) in [6.45, 7) is 1.81. The molecular weight excluding hydrogens is 226 g/mol. The average molecular weight is 237 g/mol. The first-order valence-corrected chi connectivity index (χ1v) is 4.99. The van der Waals surface area contributed by atoms with E-state index >= 15 is 0 Å². The van der Waals surface area contributed by atoms with Gasteiger partial charge in [-0.3, -0.25) is 25.0 Å². The van der Waals surface area contributed by atoms with E-state index in [4.69, 9.17) is 0 Å². The number of aromatic nitrogens is 1. The third kappa shape index (κ3) is 3.63. The van der Waals surface area contributed by atoms with Crippen molar-refractivity contribution in [1.82, 2.24) is 10.3 Å². The third-order valence-corrected chi connectivity index (χ3v) is 1.92. The molecule has 0 atom stereocenters. The van der Waals surface area contributed by atoms with Gasteiger partial charge in [0.15, 0.2) is 0 Å². The van der Waals surface area contributed by atoms with Gasteiger partial charge < -0.3 is 0 Å². The minimum Gasteiger partial charge on any atom is -0.291 e. The van der Waals surface area contributed by atoms with Crippen LogP contribution in [0.4, 0.5) is 5.69 Å². The third-order valence-electron chi connectivity index (χ3n) is 1.92. The molecule has 1 heterocycles. The Labute approximate surface area is 97.0 Å². The maximum absolute atomic E-state index is 11.4. The fourth-order valence-corrected chi connectivity index (χ4v) is 1.11. The Bertz CT molecular complexity index is 441. The van der Waals surface area contributed by atoms with Gasteiger partial charge in [0.25, 0.3) is 11.6 Å². The first kappa shape index (κ1) is 12.8. The Morgan fingerprint density at radius 1 is 1.47 bits per heavy atom. The number of carbonyl (C=O) groups is 2. The molecule has 0 spiro atoms. The van der Waals surface area contributed by atoms with Crippen LogP contribution in [0.5, 0.6) is 0 Å². The summed E-state index contributed by atoms with van der Waals surface area (Å²) in [5, 5.41) is 12.5.